The van der Waals surface area contributed by atoms with E-state index < -0.39 is 23.7 Å². The fourth-order valence-electron chi connectivity index (χ4n) is 2.85. The Bertz CT molecular complexity index is 855. The molecule has 32 heavy (non-hydrogen) atoms. The minimum absolute atomic E-state index is 0.438. The number of hydrogen-bond donors (Lipinski definition) is 3. The zero-order chi connectivity index (χ0) is 23.4. The lowest BCUT2D eigenvalue weighted by molar-refractivity contribution is -0.143. The number of methoxy groups -OCH3 is 1. The summed E-state index contributed by atoms with van der Waals surface area (Å²) in [4.78, 5) is 32.6. The van der Waals surface area contributed by atoms with Crippen LogP contribution in [-0.4, -0.2) is 47.3 Å². The maximum absolute atomic E-state index is 12.0. The Kier molecular flexibility index (Phi) is 9.72. The van der Waals surface area contributed by atoms with Gasteiger partial charge in [0.25, 0.3) is 0 Å². The largest absolute Gasteiger partial charge is 0.467 e. The number of rotatable bonds is 11. The molecule has 0 saturated heterocycles. The molecular weight excluding hydrogens is 410 g/mol. The van der Waals surface area contributed by atoms with E-state index in [2.05, 4.69) is 25.9 Å². The van der Waals surface area contributed by atoms with Crippen LogP contribution in [-0.2, 0) is 20.8 Å². The van der Waals surface area contributed by atoms with Crippen molar-refractivity contribution in [1.82, 2.24) is 15.3 Å². The van der Waals surface area contributed by atoms with Gasteiger partial charge in [-0.25, -0.2) is 14.6 Å². The summed E-state index contributed by atoms with van der Waals surface area (Å²) in [7, 11) is 1.30. The van der Waals surface area contributed by atoms with Crippen LogP contribution in [0.4, 0.5) is 16.6 Å². The van der Waals surface area contributed by atoms with E-state index in [9.17, 15) is 9.59 Å². The summed E-state index contributed by atoms with van der Waals surface area (Å²) in [6.07, 6.45) is 2.94. The molecule has 174 valence electrons. The Morgan fingerprint density at radius 3 is 2.50 bits per heavy atom. The zero-order valence-corrected chi connectivity index (χ0v) is 19.2. The normalized spacial score (nSPS) is 11.9. The minimum atomic E-state index is -0.753. The number of hydrogen-bond acceptors (Lipinski definition) is 8. The van der Waals surface area contributed by atoms with Gasteiger partial charge in [-0.1, -0.05) is 30.3 Å². The van der Waals surface area contributed by atoms with Crippen molar-refractivity contribution in [2.24, 2.45) is 0 Å². The first-order valence-corrected chi connectivity index (χ1v) is 10.7. The molecule has 3 N–H and O–H groups in total. The van der Waals surface area contributed by atoms with Gasteiger partial charge in [0.05, 0.1) is 7.11 Å². The van der Waals surface area contributed by atoms with Crippen LogP contribution in [0.15, 0.2) is 42.6 Å². The zero-order valence-electron chi connectivity index (χ0n) is 19.2. The number of alkyl carbamates (subject to hydrolysis) is 1. The van der Waals surface area contributed by atoms with Gasteiger partial charge in [-0.05, 0) is 51.7 Å². The number of carbonyl (C=O) groups excluding carboxylic acids is 2. The van der Waals surface area contributed by atoms with E-state index in [0.29, 0.717) is 31.9 Å². The summed E-state index contributed by atoms with van der Waals surface area (Å²) in [5.74, 6) is 0.766. The molecule has 0 saturated carbocycles. The summed E-state index contributed by atoms with van der Waals surface area (Å²) in [5, 5.41) is 9.04. The third-order valence-electron chi connectivity index (χ3n) is 4.35. The summed E-state index contributed by atoms with van der Waals surface area (Å²) in [5.41, 5.74) is 0.528. The molecule has 0 aliphatic rings. The lowest BCUT2D eigenvalue weighted by atomic mass is 10.1. The molecular formula is C23H33N5O4. The molecule has 0 aliphatic heterocycles. The van der Waals surface area contributed by atoms with E-state index in [4.69, 9.17) is 9.47 Å². The van der Waals surface area contributed by atoms with E-state index in [0.717, 1.165) is 12.2 Å². The molecule has 0 aliphatic carbocycles. The van der Waals surface area contributed by atoms with Crippen molar-refractivity contribution in [3.63, 3.8) is 0 Å². The number of nitrogens with one attached hydrogen (secondary N) is 3. The molecule has 1 aromatic heterocycles. The molecule has 1 atom stereocenters. The highest BCUT2D eigenvalue weighted by Crippen LogP contribution is 2.11. The molecule has 0 bridgehead atoms. The summed E-state index contributed by atoms with van der Waals surface area (Å²) < 4.78 is 10.0. The van der Waals surface area contributed by atoms with Gasteiger partial charge in [0, 0.05) is 19.3 Å². The molecule has 1 aromatic carbocycles. The van der Waals surface area contributed by atoms with Crippen molar-refractivity contribution >= 4 is 23.8 Å². The molecule has 0 spiro atoms. The third-order valence-corrected chi connectivity index (χ3v) is 4.35. The van der Waals surface area contributed by atoms with Gasteiger partial charge in [0.1, 0.15) is 17.5 Å². The molecule has 9 heteroatoms. The first kappa shape index (κ1) is 24.9. The molecule has 0 radical (unpaired) electrons. The van der Waals surface area contributed by atoms with Crippen LogP contribution in [0.3, 0.4) is 0 Å². The van der Waals surface area contributed by atoms with Gasteiger partial charge < -0.3 is 25.4 Å². The van der Waals surface area contributed by atoms with Crippen LogP contribution in [0.25, 0.3) is 0 Å². The molecule has 0 fully saturated rings. The molecule has 2 rings (SSSR count). The third kappa shape index (κ3) is 9.63. The first-order chi connectivity index (χ1) is 15.3. The summed E-state index contributed by atoms with van der Waals surface area (Å²) >= 11 is 0. The number of anilines is 2. The number of ether oxygens (including phenoxy) is 2. The second-order valence-electron chi connectivity index (χ2n) is 8.25. The van der Waals surface area contributed by atoms with Crippen LogP contribution in [0.1, 0.15) is 45.6 Å². The quantitative estimate of drug-likeness (QED) is 0.355. The van der Waals surface area contributed by atoms with E-state index >= 15 is 0 Å². The van der Waals surface area contributed by atoms with Crippen molar-refractivity contribution < 1.29 is 19.1 Å². The van der Waals surface area contributed by atoms with Gasteiger partial charge >= 0.3 is 12.1 Å². The van der Waals surface area contributed by atoms with Gasteiger partial charge in [-0.2, -0.15) is 4.98 Å². The predicted molar refractivity (Wildman–Crippen MR) is 123 cm³/mol. The average molecular weight is 444 g/mol. The fraction of sp³-hybridized carbons (Fsp3) is 0.478. The van der Waals surface area contributed by atoms with Crippen LogP contribution in [0.5, 0.6) is 0 Å². The standard InChI is InChI=1S/C23H33N5O4/c1-23(2,3)32-22(30)27-18(20(29)31-4)12-8-9-14-24-21-25-15-13-19(28-21)26-16-17-10-6-5-7-11-17/h5-7,10-11,13,15,18H,8-9,12,14,16H2,1-4H3,(H,27,30)(H2,24,25,26,28). The number of amides is 1. The fourth-order valence-corrected chi connectivity index (χ4v) is 2.85. The van der Waals surface area contributed by atoms with Crippen molar-refractivity contribution in [3.8, 4) is 0 Å². The van der Waals surface area contributed by atoms with Crippen molar-refractivity contribution in [2.75, 3.05) is 24.3 Å². The Hall–Kier alpha value is -3.36. The number of aromatic nitrogens is 2. The summed E-state index contributed by atoms with van der Waals surface area (Å²) in [6.45, 7) is 6.60. The minimum Gasteiger partial charge on any atom is -0.467 e. The molecule has 1 heterocycles. The predicted octanol–water partition coefficient (Wildman–Crippen LogP) is 3.74. The molecule has 1 unspecified atom stereocenters. The van der Waals surface area contributed by atoms with Gasteiger partial charge in [-0.3, -0.25) is 0 Å². The monoisotopic (exact) mass is 443 g/mol. The Morgan fingerprint density at radius 2 is 1.81 bits per heavy atom. The Balaban J connectivity index is 1.74. The molecule has 1 amide bonds. The second kappa shape index (κ2) is 12.5. The van der Waals surface area contributed by atoms with Crippen LogP contribution in [0, 0.1) is 0 Å². The van der Waals surface area contributed by atoms with E-state index in [1.807, 2.05) is 36.4 Å². The number of carbonyl (C=O) groups is 2. The first-order valence-electron chi connectivity index (χ1n) is 10.7. The number of benzene rings is 1. The smallest absolute Gasteiger partial charge is 0.408 e. The van der Waals surface area contributed by atoms with Crippen LogP contribution in [0.2, 0.25) is 0 Å². The number of nitrogens with zero attached hydrogens (tertiary/aromatic N) is 2. The Morgan fingerprint density at radius 1 is 1.06 bits per heavy atom. The van der Waals surface area contributed by atoms with Crippen LogP contribution < -0.4 is 16.0 Å². The lowest BCUT2D eigenvalue weighted by Crippen LogP contribution is -2.44. The highest BCUT2D eigenvalue weighted by atomic mass is 16.6. The SMILES string of the molecule is COC(=O)C(CCCCNc1nccc(NCc2ccccc2)n1)NC(=O)OC(C)(C)C. The van der Waals surface area contributed by atoms with E-state index in [1.165, 1.54) is 12.7 Å². The highest BCUT2D eigenvalue weighted by Gasteiger charge is 2.24. The van der Waals surface area contributed by atoms with Crippen molar-refractivity contribution in [3.05, 3.63) is 48.2 Å². The molecule has 2 aromatic rings. The number of esters is 1. The maximum Gasteiger partial charge on any atom is 0.408 e. The maximum atomic E-state index is 12.0. The second-order valence-corrected chi connectivity index (χ2v) is 8.25. The molecule has 9 nitrogen and oxygen atoms in total. The van der Waals surface area contributed by atoms with E-state index in [-0.39, 0.29) is 0 Å². The van der Waals surface area contributed by atoms with Gasteiger partial charge in [0.2, 0.25) is 5.95 Å². The van der Waals surface area contributed by atoms with Gasteiger partial charge in [0.15, 0.2) is 0 Å². The Labute approximate surface area is 189 Å². The van der Waals surface area contributed by atoms with Crippen molar-refractivity contribution in [1.29, 1.82) is 0 Å². The van der Waals surface area contributed by atoms with E-state index in [1.54, 1.807) is 27.0 Å². The number of unbranched alkanes of at least 4 members (excludes halogenated alkanes) is 1. The van der Waals surface area contributed by atoms with Crippen LogP contribution >= 0.6 is 0 Å². The average Bonchev–Trinajstić information content (AvgIpc) is 2.76. The topological polar surface area (TPSA) is 114 Å². The lowest BCUT2D eigenvalue weighted by Gasteiger charge is -2.22. The highest BCUT2D eigenvalue weighted by molar-refractivity contribution is 5.81. The van der Waals surface area contributed by atoms with Gasteiger partial charge in [-0.15, -0.1) is 0 Å². The van der Waals surface area contributed by atoms with Crippen molar-refractivity contribution in [2.45, 2.75) is 58.2 Å². The summed E-state index contributed by atoms with van der Waals surface area (Å²) in [6, 6.07) is 11.1.